The molecule has 0 aromatic heterocycles. The van der Waals surface area contributed by atoms with Crippen LogP contribution in [0.1, 0.15) is 92.3 Å². The van der Waals surface area contributed by atoms with E-state index in [1.165, 1.54) is 44.9 Å². The summed E-state index contributed by atoms with van der Waals surface area (Å²) in [6.45, 7) is 4.14. The zero-order chi connectivity index (χ0) is 20.9. The van der Waals surface area contributed by atoms with Crippen LogP contribution in [0.25, 0.3) is 0 Å². The Bertz CT molecular complexity index is 441. The Morgan fingerprint density at radius 3 is 1.71 bits per heavy atom. The van der Waals surface area contributed by atoms with Gasteiger partial charge in [0.1, 0.15) is 5.54 Å². The molecule has 7 heteroatoms. The number of hydrogen-bond donors (Lipinski definition) is 3. The minimum Gasteiger partial charge on any atom is -1.00 e. The molecule has 0 bridgehead atoms. The third kappa shape index (κ3) is 10.6. The second-order valence-electron chi connectivity index (χ2n) is 8.10. The van der Waals surface area contributed by atoms with Crippen LogP contribution < -0.4 is 41.0 Å². The SMILES string of the molecule is CCCCCCCCCCCCC(N)(C(=O)O)C(C(N)=O)C(CC)N(C)C.[H-].[Na+]. The van der Waals surface area contributed by atoms with E-state index in [1.807, 2.05) is 25.9 Å². The van der Waals surface area contributed by atoms with E-state index in [1.54, 1.807) is 0 Å². The summed E-state index contributed by atoms with van der Waals surface area (Å²) >= 11 is 0. The van der Waals surface area contributed by atoms with E-state index in [0.29, 0.717) is 12.8 Å². The van der Waals surface area contributed by atoms with Gasteiger partial charge in [0.05, 0.1) is 5.92 Å². The molecule has 6 nitrogen and oxygen atoms in total. The number of carboxylic acid groups (broad SMARTS) is 1. The van der Waals surface area contributed by atoms with Gasteiger partial charge >= 0.3 is 35.5 Å². The van der Waals surface area contributed by atoms with Gasteiger partial charge in [-0.25, -0.2) is 0 Å². The summed E-state index contributed by atoms with van der Waals surface area (Å²) in [5, 5.41) is 9.77. The second-order valence-corrected chi connectivity index (χ2v) is 8.10. The van der Waals surface area contributed by atoms with Crippen molar-refractivity contribution in [3.8, 4) is 0 Å². The zero-order valence-corrected chi connectivity index (χ0v) is 21.0. The molecule has 0 radical (unpaired) electrons. The summed E-state index contributed by atoms with van der Waals surface area (Å²) in [4.78, 5) is 25.9. The van der Waals surface area contributed by atoms with Crippen molar-refractivity contribution >= 4 is 11.9 Å². The van der Waals surface area contributed by atoms with Crippen molar-refractivity contribution in [2.24, 2.45) is 17.4 Å². The zero-order valence-electron chi connectivity index (χ0n) is 20.0. The Morgan fingerprint density at radius 1 is 0.964 bits per heavy atom. The molecule has 0 aromatic rings. The molecular formula is C21H44N3NaO3. The van der Waals surface area contributed by atoms with Crippen molar-refractivity contribution < 1.29 is 45.7 Å². The van der Waals surface area contributed by atoms with Crippen LogP contribution in [-0.2, 0) is 9.59 Å². The van der Waals surface area contributed by atoms with E-state index in [9.17, 15) is 14.7 Å². The topological polar surface area (TPSA) is 110 Å². The van der Waals surface area contributed by atoms with Crippen LogP contribution in [0, 0.1) is 5.92 Å². The molecule has 1 amide bonds. The van der Waals surface area contributed by atoms with Crippen molar-refractivity contribution in [3.05, 3.63) is 0 Å². The van der Waals surface area contributed by atoms with Gasteiger partial charge in [0.2, 0.25) is 5.91 Å². The second kappa shape index (κ2) is 16.6. The molecule has 0 heterocycles. The van der Waals surface area contributed by atoms with E-state index < -0.39 is 23.3 Å². The van der Waals surface area contributed by atoms with Crippen LogP contribution in [0.3, 0.4) is 0 Å². The van der Waals surface area contributed by atoms with E-state index in [4.69, 9.17) is 11.5 Å². The van der Waals surface area contributed by atoms with Gasteiger partial charge in [0.25, 0.3) is 0 Å². The van der Waals surface area contributed by atoms with Gasteiger partial charge in [-0.05, 0) is 26.9 Å². The summed E-state index contributed by atoms with van der Waals surface area (Å²) in [5.74, 6) is -2.68. The van der Waals surface area contributed by atoms with Crippen molar-refractivity contribution in [1.82, 2.24) is 4.90 Å². The molecular weight excluding hydrogens is 365 g/mol. The third-order valence-corrected chi connectivity index (χ3v) is 5.67. The summed E-state index contributed by atoms with van der Waals surface area (Å²) in [5.41, 5.74) is 10.3. The van der Waals surface area contributed by atoms with Gasteiger partial charge in [-0.2, -0.15) is 0 Å². The number of carbonyl (C=O) groups excluding carboxylic acids is 1. The summed E-state index contributed by atoms with van der Waals surface area (Å²) < 4.78 is 0. The predicted octanol–water partition coefficient (Wildman–Crippen LogP) is 0.638. The Hall–Kier alpha value is -0.140. The number of nitrogens with zero attached hydrogens (tertiary/aromatic N) is 1. The molecule has 0 fully saturated rings. The molecule has 0 spiro atoms. The number of nitrogens with two attached hydrogens (primary N) is 2. The minimum absolute atomic E-state index is 0. The first-order chi connectivity index (χ1) is 12.7. The van der Waals surface area contributed by atoms with E-state index in [2.05, 4.69) is 6.92 Å². The van der Waals surface area contributed by atoms with Crippen molar-refractivity contribution in [2.75, 3.05) is 14.1 Å². The van der Waals surface area contributed by atoms with Crippen molar-refractivity contribution in [2.45, 2.75) is 102 Å². The molecule has 3 unspecified atom stereocenters. The first-order valence-corrected chi connectivity index (χ1v) is 10.7. The number of amides is 1. The van der Waals surface area contributed by atoms with Crippen LogP contribution in [0.15, 0.2) is 0 Å². The number of aliphatic carboxylic acids is 1. The maximum absolute atomic E-state index is 12.1. The number of rotatable bonds is 17. The summed E-state index contributed by atoms with van der Waals surface area (Å²) in [7, 11) is 3.65. The summed E-state index contributed by atoms with van der Waals surface area (Å²) in [6.07, 6.45) is 12.5. The number of primary amides is 1. The van der Waals surface area contributed by atoms with Crippen LogP contribution >= 0.6 is 0 Å². The van der Waals surface area contributed by atoms with E-state index in [-0.39, 0.29) is 43.4 Å². The fourth-order valence-electron chi connectivity index (χ4n) is 3.99. The fraction of sp³-hybridized carbons (Fsp3) is 0.905. The molecule has 0 saturated carbocycles. The van der Waals surface area contributed by atoms with E-state index in [0.717, 1.165) is 12.8 Å². The molecule has 3 atom stereocenters. The average molecular weight is 410 g/mol. The molecule has 0 aromatic carbocycles. The predicted molar refractivity (Wildman–Crippen MR) is 113 cm³/mol. The van der Waals surface area contributed by atoms with E-state index >= 15 is 0 Å². The van der Waals surface area contributed by atoms with Gasteiger partial charge in [-0.15, -0.1) is 0 Å². The molecule has 0 aliphatic carbocycles. The maximum atomic E-state index is 12.1. The summed E-state index contributed by atoms with van der Waals surface area (Å²) in [6, 6.07) is -0.285. The van der Waals surface area contributed by atoms with Gasteiger partial charge in [-0.3, -0.25) is 9.59 Å². The van der Waals surface area contributed by atoms with Gasteiger partial charge in [0, 0.05) is 6.04 Å². The molecule has 5 N–H and O–H groups in total. The first-order valence-electron chi connectivity index (χ1n) is 10.7. The normalized spacial score (nSPS) is 15.5. The first kappa shape index (κ1) is 30.1. The molecule has 0 saturated heterocycles. The van der Waals surface area contributed by atoms with Crippen molar-refractivity contribution in [3.63, 3.8) is 0 Å². The number of carbonyl (C=O) groups is 2. The van der Waals surface area contributed by atoms with Crippen LogP contribution in [-0.4, -0.2) is 47.6 Å². The van der Waals surface area contributed by atoms with Crippen LogP contribution in [0.2, 0.25) is 0 Å². The molecule has 0 aliphatic heterocycles. The minimum atomic E-state index is -1.61. The number of hydrogen-bond acceptors (Lipinski definition) is 4. The fourth-order valence-corrected chi connectivity index (χ4v) is 3.99. The van der Waals surface area contributed by atoms with Crippen LogP contribution in [0.5, 0.6) is 0 Å². The molecule has 162 valence electrons. The van der Waals surface area contributed by atoms with Gasteiger partial charge in [0.15, 0.2) is 0 Å². The van der Waals surface area contributed by atoms with Gasteiger partial charge in [-0.1, -0.05) is 78.1 Å². The Kier molecular flexibility index (Phi) is 17.9. The number of unbranched alkanes of at least 4 members (excludes halogenated alkanes) is 9. The molecule has 0 rings (SSSR count). The third-order valence-electron chi connectivity index (χ3n) is 5.67. The Morgan fingerprint density at radius 2 is 1.39 bits per heavy atom. The quantitative estimate of drug-likeness (QED) is 0.241. The Balaban J connectivity index is -0.00000338. The average Bonchev–Trinajstić information content (AvgIpc) is 2.60. The van der Waals surface area contributed by atoms with Crippen molar-refractivity contribution in [1.29, 1.82) is 0 Å². The number of carboxylic acids is 1. The molecule has 0 aliphatic rings. The largest absolute Gasteiger partial charge is 1.00 e. The smallest absolute Gasteiger partial charge is 1.00 e. The standard InChI is InChI=1S/C21H43N3O3.Na.H/c1-5-7-8-9-10-11-12-13-14-15-16-21(23,20(26)27)18(19(22)25)17(6-2)24(3)4;;/h17-18H,5-16,23H2,1-4H3,(H2,22,25)(H,26,27);;/q;+1;-1. The monoisotopic (exact) mass is 409 g/mol. The van der Waals surface area contributed by atoms with Crippen LogP contribution in [0.4, 0.5) is 0 Å². The maximum Gasteiger partial charge on any atom is 1.00 e. The molecule has 28 heavy (non-hydrogen) atoms. The van der Waals surface area contributed by atoms with Gasteiger partial charge < -0.3 is 22.9 Å². The Labute approximate surface area is 195 Å².